The number of hydrogen-bond acceptors (Lipinski definition) is 5. The van der Waals surface area contributed by atoms with Crippen molar-refractivity contribution in [1.29, 1.82) is 0 Å². The first-order chi connectivity index (χ1) is 15.3. The van der Waals surface area contributed by atoms with Crippen molar-refractivity contribution in [3.63, 3.8) is 0 Å². The molecule has 5 N–H and O–H groups in total. The summed E-state index contributed by atoms with van der Waals surface area (Å²) in [5.74, 6) is -0.902. The number of nitrogens with zero attached hydrogens (tertiary/aromatic N) is 3. The van der Waals surface area contributed by atoms with E-state index in [4.69, 9.17) is 11.5 Å². The number of primary amides is 1. The Morgan fingerprint density at radius 3 is 2.44 bits per heavy atom. The first-order valence-electron chi connectivity index (χ1n) is 10.4. The molecule has 0 aliphatic carbocycles. The Kier molecular flexibility index (Phi) is 5.84. The predicted octanol–water partition coefficient (Wildman–Crippen LogP) is 3.27. The molecule has 4 rings (SSSR count). The summed E-state index contributed by atoms with van der Waals surface area (Å²) in [5.41, 5.74) is 13.7. The summed E-state index contributed by atoms with van der Waals surface area (Å²) in [4.78, 5) is 14.2. The Labute approximate surface area is 185 Å². The van der Waals surface area contributed by atoms with Crippen LogP contribution in [0.1, 0.15) is 28.8 Å². The van der Waals surface area contributed by atoms with Crippen LogP contribution in [0.5, 0.6) is 0 Å². The molecule has 9 heteroatoms. The first kappa shape index (κ1) is 21.8. The van der Waals surface area contributed by atoms with Crippen molar-refractivity contribution in [3.05, 3.63) is 71.4 Å². The van der Waals surface area contributed by atoms with Crippen molar-refractivity contribution >= 4 is 23.1 Å². The zero-order valence-corrected chi connectivity index (χ0v) is 17.8. The summed E-state index contributed by atoms with van der Waals surface area (Å²) in [6, 6.07) is 10.8. The van der Waals surface area contributed by atoms with Gasteiger partial charge in [-0.25, -0.2) is 8.78 Å². The van der Waals surface area contributed by atoms with Gasteiger partial charge in [0.25, 0.3) is 5.91 Å². The SMILES string of the molecule is Cc1cc(N2CCC(CN)(n3cc(C(N)=O)c(Nc4ccc(F)cc4)n3)CC2)ccc1F. The highest BCUT2D eigenvalue weighted by atomic mass is 19.1. The third kappa shape index (κ3) is 4.16. The van der Waals surface area contributed by atoms with E-state index in [1.807, 2.05) is 6.07 Å². The van der Waals surface area contributed by atoms with Crippen LogP contribution >= 0.6 is 0 Å². The van der Waals surface area contributed by atoms with E-state index >= 15 is 0 Å². The fraction of sp³-hybridized carbons (Fsp3) is 0.304. The fourth-order valence-corrected chi connectivity index (χ4v) is 4.09. The second-order valence-corrected chi connectivity index (χ2v) is 8.18. The number of nitrogens with two attached hydrogens (primary N) is 2. The number of piperidine rings is 1. The molecule has 32 heavy (non-hydrogen) atoms. The van der Waals surface area contributed by atoms with Crippen molar-refractivity contribution < 1.29 is 13.6 Å². The maximum atomic E-state index is 13.6. The molecule has 168 valence electrons. The smallest absolute Gasteiger partial charge is 0.254 e. The number of aromatic nitrogens is 2. The second kappa shape index (κ2) is 8.58. The maximum absolute atomic E-state index is 13.6. The van der Waals surface area contributed by atoms with Crippen LogP contribution in [-0.2, 0) is 5.54 Å². The van der Waals surface area contributed by atoms with Gasteiger partial charge < -0.3 is 21.7 Å². The van der Waals surface area contributed by atoms with E-state index in [9.17, 15) is 13.6 Å². The molecule has 0 unspecified atom stereocenters. The predicted molar refractivity (Wildman–Crippen MR) is 120 cm³/mol. The van der Waals surface area contributed by atoms with Gasteiger partial charge in [0.1, 0.15) is 17.2 Å². The van der Waals surface area contributed by atoms with E-state index in [-0.39, 0.29) is 17.2 Å². The molecule has 0 saturated carbocycles. The van der Waals surface area contributed by atoms with E-state index in [0.717, 1.165) is 5.69 Å². The number of benzene rings is 2. The van der Waals surface area contributed by atoms with E-state index in [2.05, 4.69) is 15.3 Å². The van der Waals surface area contributed by atoms with Gasteiger partial charge in [0.2, 0.25) is 0 Å². The van der Waals surface area contributed by atoms with Crippen LogP contribution in [0.15, 0.2) is 48.7 Å². The Hall–Kier alpha value is -3.46. The third-order valence-electron chi connectivity index (χ3n) is 6.15. The van der Waals surface area contributed by atoms with Crippen LogP contribution in [0.25, 0.3) is 0 Å². The lowest BCUT2D eigenvalue weighted by atomic mass is 9.87. The van der Waals surface area contributed by atoms with Gasteiger partial charge in [-0.05, 0) is 67.8 Å². The Morgan fingerprint density at radius 2 is 1.84 bits per heavy atom. The maximum Gasteiger partial charge on any atom is 0.254 e. The molecule has 1 amide bonds. The molecule has 1 aromatic heterocycles. The number of carbonyl (C=O) groups excluding carboxylic acids is 1. The van der Waals surface area contributed by atoms with Gasteiger partial charge >= 0.3 is 0 Å². The highest BCUT2D eigenvalue weighted by Crippen LogP contribution is 2.33. The molecule has 1 saturated heterocycles. The van der Waals surface area contributed by atoms with E-state index in [0.29, 0.717) is 49.5 Å². The normalized spacial score (nSPS) is 15.6. The second-order valence-electron chi connectivity index (χ2n) is 8.18. The molecular weight excluding hydrogens is 414 g/mol. The number of rotatable bonds is 6. The van der Waals surface area contributed by atoms with Crippen LogP contribution in [-0.4, -0.2) is 35.3 Å². The van der Waals surface area contributed by atoms with Gasteiger partial charge in [-0.2, -0.15) is 5.10 Å². The summed E-state index contributed by atoms with van der Waals surface area (Å²) in [5, 5.41) is 7.64. The molecule has 1 aliphatic heterocycles. The lowest BCUT2D eigenvalue weighted by Gasteiger charge is -2.42. The Balaban J connectivity index is 1.58. The molecule has 3 aromatic rings. The van der Waals surface area contributed by atoms with Crippen LogP contribution in [0, 0.1) is 18.6 Å². The van der Waals surface area contributed by atoms with Gasteiger partial charge in [0.05, 0.1) is 5.54 Å². The lowest BCUT2D eigenvalue weighted by molar-refractivity contribution is 0.100. The van der Waals surface area contributed by atoms with Crippen molar-refractivity contribution in [2.45, 2.75) is 25.3 Å². The first-order valence-corrected chi connectivity index (χ1v) is 10.4. The molecule has 0 spiro atoms. The monoisotopic (exact) mass is 440 g/mol. The van der Waals surface area contributed by atoms with Crippen LogP contribution in [0.4, 0.5) is 26.0 Å². The van der Waals surface area contributed by atoms with Crippen molar-refractivity contribution in [2.75, 3.05) is 29.9 Å². The van der Waals surface area contributed by atoms with Crippen LogP contribution in [0.3, 0.4) is 0 Å². The summed E-state index contributed by atoms with van der Waals surface area (Å²) in [6.07, 6.45) is 3.00. The average molecular weight is 440 g/mol. The molecule has 1 aliphatic rings. The Bertz CT molecular complexity index is 1120. The van der Waals surface area contributed by atoms with Gasteiger partial charge in [-0.1, -0.05) is 0 Å². The summed E-state index contributed by atoms with van der Waals surface area (Å²) >= 11 is 0. The minimum atomic E-state index is -0.618. The van der Waals surface area contributed by atoms with Gasteiger partial charge in [0.15, 0.2) is 5.82 Å². The van der Waals surface area contributed by atoms with E-state index in [1.54, 1.807) is 36.0 Å². The highest BCUT2D eigenvalue weighted by molar-refractivity contribution is 5.98. The third-order valence-corrected chi connectivity index (χ3v) is 6.15. The molecule has 0 atom stereocenters. The molecule has 0 bridgehead atoms. The molecular formula is C23H26F2N6O. The number of amides is 1. The summed E-state index contributed by atoms with van der Waals surface area (Å²) < 4.78 is 28.6. The van der Waals surface area contributed by atoms with Gasteiger partial charge in [-0.3, -0.25) is 9.48 Å². The van der Waals surface area contributed by atoms with Crippen LogP contribution < -0.4 is 21.7 Å². The van der Waals surface area contributed by atoms with Gasteiger partial charge in [-0.15, -0.1) is 0 Å². The summed E-state index contributed by atoms with van der Waals surface area (Å²) in [6.45, 7) is 3.49. The largest absolute Gasteiger partial charge is 0.371 e. The zero-order valence-electron chi connectivity index (χ0n) is 17.8. The highest BCUT2D eigenvalue weighted by Gasteiger charge is 2.37. The van der Waals surface area contributed by atoms with Crippen molar-refractivity contribution in [3.8, 4) is 0 Å². The molecule has 0 radical (unpaired) electrons. The average Bonchev–Trinajstić information content (AvgIpc) is 3.22. The molecule has 2 heterocycles. The van der Waals surface area contributed by atoms with Crippen molar-refractivity contribution in [1.82, 2.24) is 9.78 Å². The summed E-state index contributed by atoms with van der Waals surface area (Å²) in [7, 11) is 0. The number of carbonyl (C=O) groups is 1. The molecule has 2 aromatic carbocycles. The molecule has 1 fully saturated rings. The van der Waals surface area contributed by atoms with Crippen LogP contribution in [0.2, 0.25) is 0 Å². The zero-order chi connectivity index (χ0) is 22.9. The Morgan fingerprint density at radius 1 is 1.16 bits per heavy atom. The topological polar surface area (TPSA) is 102 Å². The standard InChI is InChI=1S/C23H26F2N6O/c1-15-12-18(6-7-20(15)25)30-10-8-23(14-26,9-11-30)31-13-19(21(27)32)22(29-31)28-17-4-2-16(24)3-5-17/h2-7,12-13H,8-11,14,26H2,1H3,(H2,27,32)(H,28,29). The van der Waals surface area contributed by atoms with Gasteiger partial charge in [0, 0.05) is 37.2 Å². The van der Waals surface area contributed by atoms with E-state index in [1.165, 1.54) is 18.2 Å². The number of anilines is 3. The fourth-order valence-electron chi connectivity index (χ4n) is 4.09. The number of hydrogen-bond donors (Lipinski definition) is 3. The minimum Gasteiger partial charge on any atom is -0.371 e. The van der Waals surface area contributed by atoms with Crippen molar-refractivity contribution in [2.24, 2.45) is 11.5 Å². The van der Waals surface area contributed by atoms with E-state index < -0.39 is 11.4 Å². The number of aryl methyl sites for hydroxylation is 1. The lowest BCUT2D eigenvalue weighted by Crippen LogP contribution is -2.50. The minimum absolute atomic E-state index is 0.223. The number of nitrogens with one attached hydrogen (secondary N) is 1. The quantitative estimate of drug-likeness (QED) is 0.546. The molecule has 7 nitrogen and oxygen atoms in total. The number of halogens is 2.